The van der Waals surface area contributed by atoms with Crippen molar-refractivity contribution in [2.24, 2.45) is 4.99 Å². The molecule has 0 radical (unpaired) electrons. The van der Waals surface area contributed by atoms with E-state index in [2.05, 4.69) is 4.99 Å². The van der Waals surface area contributed by atoms with E-state index in [0.29, 0.717) is 10.7 Å². The number of nitrogens with zero attached hydrogens (tertiary/aromatic N) is 3. The Morgan fingerprint density at radius 1 is 0.867 bits per heavy atom. The smallest absolute Gasteiger partial charge is 0.334 e. The molecule has 2 aliphatic carbocycles. The zero-order valence-electron chi connectivity index (χ0n) is 17.1. The van der Waals surface area contributed by atoms with Crippen LogP contribution in [-0.4, -0.2) is 20.5 Å². The predicted octanol–water partition coefficient (Wildman–Crippen LogP) is 5.13. The highest BCUT2D eigenvalue weighted by molar-refractivity contribution is 6.30. The fourth-order valence-corrected chi connectivity index (χ4v) is 4.88. The molecule has 2 saturated carbocycles. The summed E-state index contributed by atoms with van der Waals surface area (Å²) in [5.41, 5.74) is -0.118. The van der Waals surface area contributed by atoms with Crippen molar-refractivity contribution < 1.29 is 5.11 Å². The first-order valence-corrected chi connectivity index (χ1v) is 11.3. The molecule has 0 aliphatic heterocycles. The molecule has 0 spiro atoms. The number of aliphatic imine (C=N–C) groups is 1. The van der Waals surface area contributed by atoms with Gasteiger partial charge in [0.2, 0.25) is 5.88 Å². The van der Waals surface area contributed by atoms with Gasteiger partial charge in [-0.05, 0) is 49.9 Å². The number of halogens is 1. The summed E-state index contributed by atoms with van der Waals surface area (Å²) in [7, 11) is 0. The van der Waals surface area contributed by atoms with Crippen molar-refractivity contribution in [2.45, 2.75) is 76.3 Å². The maximum atomic E-state index is 13.4. The first kappa shape index (κ1) is 20.9. The number of hydrogen-bond donors (Lipinski definition) is 1. The highest BCUT2D eigenvalue weighted by atomic mass is 35.5. The third-order valence-electron chi connectivity index (χ3n) is 6.38. The summed E-state index contributed by atoms with van der Waals surface area (Å²) in [5, 5.41) is 11.6. The van der Waals surface area contributed by atoms with Gasteiger partial charge in [-0.1, -0.05) is 50.1 Å². The van der Waals surface area contributed by atoms with Crippen LogP contribution in [0.25, 0.3) is 0 Å². The molecule has 6 nitrogen and oxygen atoms in total. The Labute approximate surface area is 180 Å². The normalized spacial score (nSPS) is 18.8. The largest absolute Gasteiger partial charge is 0.494 e. The van der Waals surface area contributed by atoms with Crippen molar-refractivity contribution >= 4 is 23.5 Å². The van der Waals surface area contributed by atoms with Gasteiger partial charge in [0, 0.05) is 23.3 Å². The van der Waals surface area contributed by atoms with Gasteiger partial charge in [-0.3, -0.25) is 18.9 Å². The molecule has 2 aliphatic rings. The molecule has 1 heterocycles. The highest BCUT2D eigenvalue weighted by Crippen LogP contribution is 2.31. The zero-order chi connectivity index (χ0) is 21.1. The van der Waals surface area contributed by atoms with Gasteiger partial charge >= 0.3 is 5.69 Å². The van der Waals surface area contributed by atoms with E-state index in [1.165, 1.54) is 15.3 Å². The quantitative estimate of drug-likeness (QED) is 0.684. The summed E-state index contributed by atoms with van der Waals surface area (Å²) in [6.45, 7) is 0. The maximum Gasteiger partial charge on any atom is 0.334 e. The molecule has 1 aromatic heterocycles. The van der Waals surface area contributed by atoms with Crippen LogP contribution in [0, 0.1) is 0 Å². The van der Waals surface area contributed by atoms with Gasteiger partial charge in [0.1, 0.15) is 5.56 Å². The lowest BCUT2D eigenvalue weighted by molar-refractivity contribution is 0.271. The Morgan fingerprint density at radius 3 is 1.97 bits per heavy atom. The number of rotatable bonds is 4. The molecule has 4 rings (SSSR count). The minimum atomic E-state index is -0.450. The fourth-order valence-electron chi connectivity index (χ4n) is 4.76. The second-order valence-corrected chi connectivity index (χ2v) is 8.82. The number of aromatic nitrogens is 2. The molecular weight excluding hydrogens is 402 g/mol. The molecule has 160 valence electrons. The van der Waals surface area contributed by atoms with Crippen LogP contribution in [0.4, 0.5) is 5.69 Å². The average molecular weight is 430 g/mol. The van der Waals surface area contributed by atoms with Crippen LogP contribution < -0.4 is 11.2 Å². The minimum absolute atomic E-state index is 0.0793. The monoisotopic (exact) mass is 429 g/mol. The second kappa shape index (κ2) is 9.21. The molecule has 2 fully saturated rings. The van der Waals surface area contributed by atoms with Crippen LogP contribution in [0.5, 0.6) is 5.88 Å². The third kappa shape index (κ3) is 4.24. The zero-order valence-corrected chi connectivity index (χ0v) is 17.9. The molecule has 0 bridgehead atoms. The third-order valence-corrected chi connectivity index (χ3v) is 6.63. The average Bonchev–Trinajstić information content (AvgIpc) is 2.76. The molecule has 2 aromatic rings. The lowest BCUT2D eigenvalue weighted by atomic mass is 9.94. The molecule has 1 aromatic carbocycles. The van der Waals surface area contributed by atoms with Crippen LogP contribution in [0.3, 0.4) is 0 Å². The summed E-state index contributed by atoms with van der Waals surface area (Å²) < 4.78 is 2.84. The van der Waals surface area contributed by atoms with Gasteiger partial charge in [-0.2, -0.15) is 0 Å². The molecule has 1 N–H and O–H groups in total. The Bertz CT molecular complexity index is 1030. The van der Waals surface area contributed by atoms with E-state index in [-0.39, 0.29) is 29.2 Å². The van der Waals surface area contributed by atoms with E-state index in [4.69, 9.17) is 11.6 Å². The van der Waals surface area contributed by atoms with Crippen molar-refractivity contribution in [1.82, 2.24) is 9.13 Å². The summed E-state index contributed by atoms with van der Waals surface area (Å²) in [5.74, 6) is -0.262. The van der Waals surface area contributed by atoms with E-state index >= 15 is 0 Å². The SMILES string of the molecule is O=c1c(C=Nc2ccc(Cl)cc2)c(O)n(C2CCCCC2)c(=O)n1C1CCCCC1. The Morgan fingerprint density at radius 2 is 1.40 bits per heavy atom. The van der Waals surface area contributed by atoms with Gasteiger partial charge in [-0.15, -0.1) is 0 Å². The van der Waals surface area contributed by atoms with Gasteiger partial charge in [0.25, 0.3) is 5.56 Å². The number of hydrogen-bond acceptors (Lipinski definition) is 4. The summed E-state index contributed by atoms with van der Waals surface area (Å²) in [6, 6.07) is 6.73. The second-order valence-electron chi connectivity index (χ2n) is 8.38. The van der Waals surface area contributed by atoms with Crippen molar-refractivity contribution in [1.29, 1.82) is 0 Å². The van der Waals surface area contributed by atoms with Crippen molar-refractivity contribution in [3.8, 4) is 5.88 Å². The standard InChI is InChI=1S/C23H28ClN3O3/c24-16-11-13-17(14-12-16)25-15-20-21(28)26(18-7-3-1-4-8-18)23(30)27(22(20)29)19-9-5-2-6-10-19/h11-15,18-19,28H,1-10H2. The molecule has 0 unspecified atom stereocenters. The number of benzene rings is 1. The molecular formula is C23H28ClN3O3. The van der Waals surface area contributed by atoms with Crippen molar-refractivity contribution in [3.05, 3.63) is 55.7 Å². The van der Waals surface area contributed by atoms with Crippen LogP contribution >= 0.6 is 11.6 Å². The fraction of sp³-hybridized carbons (Fsp3) is 0.522. The lowest BCUT2D eigenvalue weighted by Crippen LogP contribution is -2.45. The van der Waals surface area contributed by atoms with Crippen LogP contribution in [0.1, 0.15) is 81.9 Å². The molecule has 0 saturated heterocycles. The predicted molar refractivity (Wildman–Crippen MR) is 120 cm³/mol. The number of aromatic hydroxyl groups is 1. The van der Waals surface area contributed by atoms with E-state index in [1.54, 1.807) is 24.3 Å². The van der Waals surface area contributed by atoms with E-state index in [0.717, 1.165) is 64.2 Å². The Kier molecular flexibility index (Phi) is 6.42. The first-order valence-electron chi connectivity index (χ1n) is 11.0. The van der Waals surface area contributed by atoms with Gasteiger partial charge in [0.15, 0.2) is 0 Å². The minimum Gasteiger partial charge on any atom is -0.494 e. The maximum absolute atomic E-state index is 13.4. The highest BCUT2D eigenvalue weighted by Gasteiger charge is 2.28. The molecule has 0 atom stereocenters. The van der Waals surface area contributed by atoms with Gasteiger partial charge < -0.3 is 5.11 Å². The van der Waals surface area contributed by atoms with Gasteiger partial charge in [0.05, 0.1) is 5.69 Å². The molecule has 30 heavy (non-hydrogen) atoms. The summed E-state index contributed by atoms with van der Waals surface area (Å²) in [4.78, 5) is 31.0. The van der Waals surface area contributed by atoms with Gasteiger partial charge in [-0.25, -0.2) is 4.79 Å². The van der Waals surface area contributed by atoms with E-state index in [9.17, 15) is 14.7 Å². The Hall–Kier alpha value is -2.34. The topological polar surface area (TPSA) is 76.6 Å². The Balaban J connectivity index is 1.84. The van der Waals surface area contributed by atoms with E-state index < -0.39 is 5.56 Å². The van der Waals surface area contributed by atoms with Crippen molar-refractivity contribution in [2.75, 3.05) is 0 Å². The summed E-state index contributed by atoms with van der Waals surface area (Å²) in [6.07, 6.45) is 11.0. The molecule has 0 amide bonds. The van der Waals surface area contributed by atoms with Crippen LogP contribution in [0.2, 0.25) is 5.02 Å². The summed E-state index contributed by atoms with van der Waals surface area (Å²) >= 11 is 5.93. The lowest BCUT2D eigenvalue weighted by Gasteiger charge is -2.29. The van der Waals surface area contributed by atoms with Crippen molar-refractivity contribution in [3.63, 3.8) is 0 Å². The van der Waals surface area contributed by atoms with Crippen LogP contribution in [0.15, 0.2) is 38.8 Å². The van der Waals surface area contributed by atoms with E-state index in [1.807, 2.05) is 0 Å². The molecule has 7 heteroatoms. The first-order chi connectivity index (χ1) is 14.6. The van der Waals surface area contributed by atoms with Crippen LogP contribution in [-0.2, 0) is 0 Å².